The van der Waals surface area contributed by atoms with E-state index >= 15 is 0 Å². The highest BCUT2D eigenvalue weighted by molar-refractivity contribution is 5.10. The smallest absolute Gasteiger partial charge is 0.0713 e. The van der Waals surface area contributed by atoms with Crippen LogP contribution in [0.1, 0.15) is 17.8 Å². The van der Waals surface area contributed by atoms with Gasteiger partial charge in [0.2, 0.25) is 0 Å². The highest BCUT2D eigenvalue weighted by Gasteiger charge is 2.35. The van der Waals surface area contributed by atoms with Crippen molar-refractivity contribution in [3.05, 3.63) is 29.6 Å². The lowest BCUT2D eigenvalue weighted by Crippen LogP contribution is -2.49. The Labute approximate surface area is 115 Å². The Hall–Kier alpha value is -0.970. The number of methoxy groups -OCH3 is 1. The van der Waals surface area contributed by atoms with Crippen molar-refractivity contribution in [2.45, 2.75) is 32.0 Å². The summed E-state index contributed by atoms with van der Waals surface area (Å²) in [6, 6.07) is 6.96. The fourth-order valence-electron chi connectivity index (χ4n) is 3.29. The first-order valence-electron chi connectivity index (χ1n) is 7.16. The van der Waals surface area contributed by atoms with Gasteiger partial charge in [0, 0.05) is 51.6 Å². The van der Waals surface area contributed by atoms with Crippen LogP contribution in [0.5, 0.6) is 0 Å². The van der Waals surface area contributed by atoms with Gasteiger partial charge in [0.15, 0.2) is 0 Å². The lowest BCUT2D eigenvalue weighted by molar-refractivity contribution is 0.0902. The van der Waals surface area contributed by atoms with Crippen LogP contribution >= 0.6 is 0 Å². The van der Waals surface area contributed by atoms with Gasteiger partial charge in [-0.05, 0) is 25.5 Å². The number of ether oxygens (including phenoxy) is 1. The molecule has 2 atom stereocenters. The molecule has 4 nitrogen and oxygen atoms in total. The standard InChI is InChI=1S/C15H23N3O/c1-12-4-3-5-13(16-12)9-17-6-7-18-11-15(19-2)8-14(18)10-17/h3-5,14-15H,6-11H2,1-2H3/t14-,15+/m0/s1. The van der Waals surface area contributed by atoms with E-state index in [1.165, 1.54) is 12.1 Å². The van der Waals surface area contributed by atoms with Gasteiger partial charge in [0.25, 0.3) is 0 Å². The molecule has 0 aromatic carbocycles. The number of aromatic nitrogens is 1. The van der Waals surface area contributed by atoms with Crippen LogP contribution in [0.15, 0.2) is 18.2 Å². The van der Waals surface area contributed by atoms with Crippen LogP contribution in [-0.4, -0.2) is 60.2 Å². The summed E-state index contributed by atoms with van der Waals surface area (Å²) in [4.78, 5) is 9.71. The Balaban J connectivity index is 1.59. The van der Waals surface area contributed by atoms with Crippen LogP contribution in [0.4, 0.5) is 0 Å². The summed E-state index contributed by atoms with van der Waals surface area (Å²) in [6.07, 6.45) is 1.61. The summed E-state index contributed by atoms with van der Waals surface area (Å²) < 4.78 is 5.50. The first-order chi connectivity index (χ1) is 9.24. The average Bonchev–Trinajstić information content (AvgIpc) is 2.81. The molecule has 1 aromatic heterocycles. The highest BCUT2D eigenvalue weighted by atomic mass is 16.5. The predicted molar refractivity (Wildman–Crippen MR) is 75.0 cm³/mol. The van der Waals surface area contributed by atoms with Crippen LogP contribution < -0.4 is 0 Å². The molecule has 2 saturated heterocycles. The number of hydrogen-bond donors (Lipinski definition) is 0. The number of aryl methyl sites for hydroxylation is 1. The predicted octanol–water partition coefficient (Wildman–Crippen LogP) is 1.29. The third-order valence-corrected chi connectivity index (χ3v) is 4.33. The molecule has 19 heavy (non-hydrogen) atoms. The van der Waals surface area contributed by atoms with E-state index < -0.39 is 0 Å². The normalized spacial score (nSPS) is 28.5. The lowest BCUT2D eigenvalue weighted by atomic mass is 10.1. The molecular formula is C15H23N3O. The maximum absolute atomic E-state index is 5.50. The Morgan fingerprint density at radius 2 is 2.21 bits per heavy atom. The van der Waals surface area contributed by atoms with E-state index in [0.29, 0.717) is 12.1 Å². The number of piperazine rings is 1. The van der Waals surface area contributed by atoms with E-state index in [1.54, 1.807) is 0 Å². The summed E-state index contributed by atoms with van der Waals surface area (Å²) in [7, 11) is 1.83. The molecular weight excluding hydrogens is 238 g/mol. The molecule has 0 unspecified atom stereocenters. The summed E-state index contributed by atoms with van der Waals surface area (Å²) in [5.74, 6) is 0. The van der Waals surface area contributed by atoms with Crippen LogP contribution in [0, 0.1) is 6.92 Å². The van der Waals surface area contributed by atoms with Crippen molar-refractivity contribution < 1.29 is 4.74 Å². The summed E-state index contributed by atoms with van der Waals surface area (Å²) in [5.41, 5.74) is 2.30. The highest BCUT2D eigenvalue weighted by Crippen LogP contribution is 2.24. The second-order valence-electron chi connectivity index (χ2n) is 5.75. The van der Waals surface area contributed by atoms with Crippen molar-refractivity contribution in [3.63, 3.8) is 0 Å². The molecule has 2 aliphatic heterocycles. The van der Waals surface area contributed by atoms with Gasteiger partial charge in [0.1, 0.15) is 0 Å². The van der Waals surface area contributed by atoms with Gasteiger partial charge in [-0.1, -0.05) is 6.07 Å². The fraction of sp³-hybridized carbons (Fsp3) is 0.667. The van der Waals surface area contributed by atoms with E-state index in [0.717, 1.165) is 38.4 Å². The van der Waals surface area contributed by atoms with Crippen LogP contribution in [0.3, 0.4) is 0 Å². The molecule has 0 aliphatic carbocycles. The van der Waals surface area contributed by atoms with Gasteiger partial charge in [-0.3, -0.25) is 14.8 Å². The van der Waals surface area contributed by atoms with Crippen molar-refractivity contribution in [1.82, 2.24) is 14.8 Å². The zero-order valence-corrected chi connectivity index (χ0v) is 11.9. The van der Waals surface area contributed by atoms with Crippen LogP contribution in [0.25, 0.3) is 0 Å². The first kappa shape index (κ1) is 13.0. The molecule has 4 heteroatoms. The summed E-state index contributed by atoms with van der Waals surface area (Å²) in [5, 5.41) is 0. The van der Waals surface area contributed by atoms with Crippen molar-refractivity contribution in [3.8, 4) is 0 Å². The minimum absolute atomic E-state index is 0.432. The molecule has 3 rings (SSSR count). The van der Waals surface area contributed by atoms with E-state index in [-0.39, 0.29) is 0 Å². The topological polar surface area (TPSA) is 28.6 Å². The molecule has 0 bridgehead atoms. The largest absolute Gasteiger partial charge is 0.380 e. The van der Waals surface area contributed by atoms with Crippen molar-refractivity contribution >= 4 is 0 Å². The summed E-state index contributed by atoms with van der Waals surface area (Å²) >= 11 is 0. The quantitative estimate of drug-likeness (QED) is 0.820. The zero-order chi connectivity index (χ0) is 13.2. The molecule has 2 aliphatic rings. The number of fused-ring (bicyclic) bond motifs is 1. The van der Waals surface area contributed by atoms with E-state index in [1.807, 2.05) is 7.11 Å². The Morgan fingerprint density at radius 1 is 1.32 bits per heavy atom. The average molecular weight is 261 g/mol. The molecule has 0 saturated carbocycles. The summed E-state index contributed by atoms with van der Waals surface area (Å²) in [6.45, 7) is 7.59. The second-order valence-corrected chi connectivity index (χ2v) is 5.75. The van der Waals surface area contributed by atoms with E-state index in [9.17, 15) is 0 Å². The van der Waals surface area contributed by atoms with Gasteiger partial charge in [-0.25, -0.2) is 0 Å². The number of hydrogen-bond acceptors (Lipinski definition) is 4. The minimum atomic E-state index is 0.432. The Kier molecular flexibility index (Phi) is 3.82. The van der Waals surface area contributed by atoms with Crippen LogP contribution in [0.2, 0.25) is 0 Å². The molecule has 0 spiro atoms. The Bertz CT molecular complexity index is 437. The maximum atomic E-state index is 5.50. The molecule has 0 N–H and O–H groups in total. The van der Waals surface area contributed by atoms with Crippen LogP contribution in [-0.2, 0) is 11.3 Å². The molecule has 0 radical (unpaired) electrons. The molecule has 104 valence electrons. The maximum Gasteiger partial charge on any atom is 0.0713 e. The monoisotopic (exact) mass is 261 g/mol. The van der Waals surface area contributed by atoms with E-state index in [4.69, 9.17) is 4.74 Å². The molecule has 2 fully saturated rings. The van der Waals surface area contributed by atoms with Gasteiger partial charge in [-0.15, -0.1) is 0 Å². The third kappa shape index (κ3) is 2.96. The van der Waals surface area contributed by atoms with Crippen molar-refractivity contribution in [2.24, 2.45) is 0 Å². The molecule has 0 amide bonds. The lowest BCUT2D eigenvalue weighted by Gasteiger charge is -2.37. The van der Waals surface area contributed by atoms with Crippen molar-refractivity contribution in [2.75, 3.05) is 33.3 Å². The number of rotatable bonds is 3. The van der Waals surface area contributed by atoms with Crippen molar-refractivity contribution in [1.29, 1.82) is 0 Å². The van der Waals surface area contributed by atoms with Gasteiger partial charge in [-0.2, -0.15) is 0 Å². The Morgan fingerprint density at radius 3 is 3.00 bits per heavy atom. The minimum Gasteiger partial charge on any atom is -0.380 e. The van der Waals surface area contributed by atoms with E-state index in [2.05, 4.69) is 39.9 Å². The fourth-order valence-corrected chi connectivity index (χ4v) is 3.29. The van der Waals surface area contributed by atoms with Gasteiger partial charge >= 0.3 is 0 Å². The number of nitrogens with zero attached hydrogens (tertiary/aromatic N) is 3. The van der Waals surface area contributed by atoms with Gasteiger partial charge < -0.3 is 4.74 Å². The second kappa shape index (κ2) is 5.57. The SMILES string of the molecule is CO[C@@H]1C[C@H]2CN(Cc3cccc(C)n3)CCN2C1. The van der Waals surface area contributed by atoms with Gasteiger partial charge in [0.05, 0.1) is 11.8 Å². The molecule has 1 aromatic rings. The molecule has 3 heterocycles. The number of pyridine rings is 1. The third-order valence-electron chi connectivity index (χ3n) is 4.33. The first-order valence-corrected chi connectivity index (χ1v) is 7.16. The zero-order valence-electron chi connectivity index (χ0n) is 11.9.